The molecule has 2 aromatic rings. The molecule has 0 aliphatic rings. The maximum atomic E-state index is 10.5. The second-order valence-electron chi connectivity index (χ2n) is 1.71. The standard InChI is InChI=1S/C4H3N5O/c10-4-7-3-6-1-5-2-9(3)8-4/h1-2H,(H,8,10). The van der Waals surface area contributed by atoms with E-state index in [1.165, 1.54) is 17.2 Å². The lowest BCUT2D eigenvalue weighted by Crippen LogP contribution is -2.01. The van der Waals surface area contributed by atoms with Crippen LogP contribution in [0.1, 0.15) is 0 Å². The van der Waals surface area contributed by atoms with Gasteiger partial charge in [0.2, 0.25) is 0 Å². The lowest BCUT2D eigenvalue weighted by molar-refractivity contribution is 0.877. The summed E-state index contributed by atoms with van der Waals surface area (Å²) >= 11 is 0. The van der Waals surface area contributed by atoms with Gasteiger partial charge in [0.15, 0.2) is 0 Å². The fraction of sp³-hybridized carbons (Fsp3) is 0. The number of nitrogens with zero attached hydrogens (tertiary/aromatic N) is 4. The summed E-state index contributed by atoms with van der Waals surface area (Å²) in [6.07, 6.45) is 2.76. The molecule has 0 unspecified atom stereocenters. The van der Waals surface area contributed by atoms with Crippen LogP contribution in [0.3, 0.4) is 0 Å². The SMILES string of the molecule is O=c1nc2ncncn2[nH]1. The smallest absolute Gasteiger partial charge is 0.244 e. The van der Waals surface area contributed by atoms with E-state index < -0.39 is 5.69 Å². The molecule has 0 fully saturated rings. The summed E-state index contributed by atoms with van der Waals surface area (Å²) in [6, 6.07) is 0. The van der Waals surface area contributed by atoms with Gasteiger partial charge in [-0.3, -0.25) is 0 Å². The van der Waals surface area contributed by atoms with Gasteiger partial charge in [-0.05, 0) is 0 Å². The Balaban J connectivity index is 3.01. The molecule has 0 spiro atoms. The molecular formula is C4H3N5O. The Bertz CT molecular complexity index is 365. The van der Waals surface area contributed by atoms with E-state index in [9.17, 15) is 4.79 Å². The van der Waals surface area contributed by atoms with Gasteiger partial charge in [0.05, 0.1) is 0 Å². The van der Waals surface area contributed by atoms with Gasteiger partial charge in [0.25, 0.3) is 5.78 Å². The third-order valence-electron chi connectivity index (χ3n) is 1.06. The zero-order chi connectivity index (χ0) is 6.97. The minimum absolute atomic E-state index is 0.333. The van der Waals surface area contributed by atoms with Gasteiger partial charge in [0, 0.05) is 0 Å². The Labute approximate surface area is 54.6 Å². The van der Waals surface area contributed by atoms with Crippen molar-refractivity contribution in [3.63, 3.8) is 0 Å². The maximum absolute atomic E-state index is 10.5. The van der Waals surface area contributed by atoms with Crippen molar-refractivity contribution in [2.75, 3.05) is 0 Å². The summed E-state index contributed by atoms with van der Waals surface area (Å²) in [6.45, 7) is 0. The highest BCUT2D eigenvalue weighted by molar-refractivity contribution is 5.20. The van der Waals surface area contributed by atoms with Gasteiger partial charge in [-0.15, -0.1) is 0 Å². The first-order valence-corrected chi connectivity index (χ1v) is 2.60. The molecule has 0 aliphatic carbocycles. The van der Waals surface area contributed by atoms with E-state index in [2.05, 4.69) is 20.1 Å². The second kappa shape index (κ2) is 1.63. The van der Waals surface area contributed by atoms with Crippen molar-refractivity contribution in [2.45, 2.75) is 0 Å². The van der Waals surface area contributed by atoms with Crippen LogP contribution in [0, 0.1) is 0 Å². The zero-order valence-electron chi connectivity index (χ0n) is 4.85. The van der Waals surface area contributed by atoms with E-state index in [0.29, 0.717) is 5.78 Å². The van der Waals surface area contributed by atoms with E-state index in [-0.39, 0.29) is 0 Å². The van der Waals surface area contributed by atoms with Crippen LogP contribution in [0.15, 0.2) is 17.4 Å². The number of fused-ring (bicyclic) bond motifs is 1. The minimum atomic E-state index is -0.416. The first-order chi connectivity index (χ1) is 4.86. The molecule has 2 aromatic heterocycles. The Morgan fingerprint density at radius 3 is 3.30 bits per heavy atom. The van der Waals surface area contributed by atoms with Gasteiger partial charge in [0.1, 0.15) is 12.7 Å². The molecule has 1 N–H and O–H groups in total. The summed E-state index contributed by atoms with van der Waals surface area (Å²) < 4.78 is 1.35. The zero-order valence-corrected chi connectivity index (χ0v) is 4.85. The predicted molar refractivity (Wildman–Crippen MR) is 31.4 cm³/mol. The summed E-state index contributed by atoms with van der Waals surface area (Å²) in [5.74, 6) is 0.333. The van der Waals surface area contributed by atoms with Crippen LogP contribution < -0.4 is 5.69 Å². The summed E-state index contributed by atoms with van der Waals surface area (Å²) in [5, 5.41) is 2.38. The fourth-order valence-electron chi connectivity index (χ4n) is 0.676. The lowest BCUT2D eigenvalue weighted by Gasteiger charge is -1.84. The van der Waals surface area contributed by atoms with Crippen molar-refractivity contribution >= 4 is 5.78 Å². The van der Waals surface area contributed by atoms with Crippen molar-refractivity contribution in [2.24, 2.45) is 0 Å². The molecule has 0 saturated carbocycles. The first kappa shape index (κ1) is 5.10. The highest BCUT2D eigenvalue weighted by atomic mass is 16.1. The molecule has 6 nitrogen and oxygen atoms in total. The quantitative estimate of drug-likeness (QED) is 0.495. The normalized spacial score (nSPS) is 10.4. The van der Waals surface area contributed by atoms with E-state index >= 15 is 0 Å². The molecule has 0 radical (unpaired) electrons. The van der Waals surface area contributed by atoms with Crippen molar-refractivity contribution in [3.8, 4) is 0 Å². The molecular weight excluding hydrogens is 134 g/mol. The van der Waals surface area contributed by atoms with E-state index in [1.54, 1.807) is 0 Å². The summed E-state index contributed by atoms with van der Waals surface area (Å²) in [5.41, 5.74) is -0.416. The second-order valence-corrected chi connectivity index (χ2v) is 1.71. The van der Waals surface area contributed by atoms with Crippen molar-refractivity contribution in [3.05, 3.63) is 23.1 Å². The Kier molecular flexibility index (Phi) is 0.830. The summed E-state index contributed by atoms with van der Waals surface area (Å²) in [7, 11) is 0. The highest BCUT2D eigenvalue weighted by Crippen LogP contribution is 1.81. The lowest BCUT2D eigenvalue weighted by atomic mass is 11.0. The fourth-order valence-corrected chi connectivity index (χ4v) is 0.676. The molecule has 0 aliphatic heterocycles. The van der Waals surface area contributed by atoms with Crippen molar-refractivity contribution in [1.29, 1.82) is 0 Å². The van der Waals surface area contributed by atoms with Gasteiger partial charge in [-0.1, -0.05) is 0 Å². The average molecular weight is 137 g/mol. The highest BCUT2D eigenvalue weighted by Gasteiger charge is 1.94. The molecule has 0 bridgehead atoms. The number of hydrogen-bond acceptors (Lipinski definition) is 4. The number of nitrogens with one attached hydrogen (secondary N) is 1. The third kappa shape index (κ3) is 0.586. The largest absolute Gasteiger partial charge is 0.363 e. The van der Waals surface area contributed by atoms with Crippen LogP contribution in [-0.2, 0) is 0 Å². The van der Waals surface area contributed by atoms with Gasteiger partial charge < -0.3 is 0 Å². The van der Waals surface area contributed by atoms with E-state index in [1.807, 2.05) is 0 Å². The number of aromatic amines is 1. The topological polar surface area (TPSA) is 75.9 Å². The first-order valence-electron chi connectivity index (χ1n) is 2.60. The maximum Gasteiger partial charge on any atom is 0.363 e. The van der Waals surface area contributed by atoms with Crippen LogP contribution in [0.25, 0.3) is 5.78 Å². The molecule has 2 heterocycles. The Hall–Kier alpha value is -1.72. The van der Waals surface area contributed by atoms with Crippen LogP contribution in [0.4, 0.5) is 0 Å². The van der Waals surface area contributed by atoms with Crippen molar-refractivity contribution < 1.29 is 0 Å². The number of hydrogen-bond donors (Lipinski definition) is 1. The van der Waals surface area contributed by atoms with E-state index in [0.717, 1.165) is 0 Å². The number of rotatable bonds is 0. The van der Waals surface area contributed by atoms with Crippen LogP contribution in [-0.4, -0.2) is 24.6 Å². The molecule has 0 saturated heterocycles. The molecule has 0 amide bonds. The van der Waals surface area contributed by atoms with Crippen LogP contribution in [0.2, 0.25) is 0 Å². The Morgan fingerprint density at radius 2 is 2.50 bits per heavy atom. The molecule has 0 aromatic carbocycles. The van der Waals surface area contributed by atoms with Crippen molar-refractivity contribution in [1.82, 2.24) is 24.6 Å². The number of H-pyrrole nitrogens is 1. The van der Waals surface area contributed by atoms with Crippen LogP contribution in [0.5, 0.6) is 0 Å². The average Bonchev–Trinajstić information content (AvgIpc) is 2.27. The van der Waals surface area contributed by atoms with Gasteiger partial charge in [-0.2, -0.15) is 9.97 Å². The predicted octanol–water partition coefficient (Wildman–Crippen LogP) is -1.19. The summed E-state index contributed by atoms with van der Waals surface area (Å²) in [4.78, 5) is 21.4. The van der Waals surface area contributed by atoms with Crippen LogP contribution >= 0.6 is 0 Å². The minimum Gasteiger partial charge on any atom is -0.244 e. The molecule has 10 heavy (non-hydrogen) atoms. The molecule has 0 atom stereocenters. The molecule has 2 rings (SSSR count). The number of aromatic nitrogens is 5. The van der Waals surface area contributed by atoms with Gasteiger partial charge in [-0.25, -0.2) is 19.4 Å². The molecule has 6 heteroatoms. The third-order valence-corrected chi connectivity index (χ3v) is 1.06. The van der Waals surface area contributed by atoms with E-state index in [4.69, 9.17) is 0 Å². The Morgan fingerprint density at radius 1 is 1.60 bits per heavy atom. The van der Waals surface area contributed by atoms with Gasteiger partial charge >= 0.3 is 5.69 Å². The molecule has 50 valence electrons. The monoisotopic (exact) mass is 137 g/mol.